The van der Waals surface area contributed by atoms with Gasteiger partial charge < -0.3 is 5.32 Å². The SMILES string of the molecule is O=C(NCc1ccc(C(F)(F)F)cc1)C(F)F. The Kier molecular flexibility index (Phi) is 4.03. The van der Waals surface area contributed by atoms with Crippen molar-refractivity contribution in [3.8, 4) is 0 Å². The molecule has 0 saturated carbocycles. The van der Waals surface area contributed by atoms with Crippen LogP contribution >= 0.6 is 0 Å². The molecule has 0 saturated heterocycles. The van der Waals surface area contributed by atoms with Gasteiger partial charge in [-0.2, -0.15) is 22.0 Å². The highest BCUT2D eigenvalue weighted by Crippen LogP contribution is 2.28. The quantitative estimate of drug-likeness (QED) is 0.824. The maximum absolute atomic E-state index is 12.2. The van der Waals surface area contributed by atoms with E-state index in [1.807, 2.05) is 5.32 Å². The third-order valence-electron chi connectivity index (χ3n) is 1.95. The van der Waals surface area contributed by atoms with Crippen LogP contribution in [0.4, 0.5) is 22.0 Å². The molecule has 0 aliphatic rings. The van der Waals surface area contributed by atoms with E-state index >= 15 is 0 Å². The molecule has 94 valence electrons. The van der Waals surface area contributed by atoms with Crippen LogP contribution in [-0.2, 0) is 17.5 Å². The van der Waals surface area contributed by atoms with Gasteiger partial charge in [-0.25, -0.2) is 0 Å². The number of amides is 1. The molecule has 0 unspecified atom stereocenters. The lowest BCUT2D eigenvalue weighted by Gasteiger charge is -2.08. The van der Waals surface area contributed by atoms with Crippen LogP contribution in [-0.4, -0.2) is 12.3 Å². The van der Waals surface area contributed by atoms with Gasteiger partial charge in [0.15, 0.2) is 0 Å². The summed E-state index contributed by atoms with van der Waals surface area (Å²) in [5.41, 5.74) is -0.520. The van der Waals surface area contributed by atoms with E-state index < -0.39 is 24.1 Å². The zero-order valence-corrected chi connectivity index (χ0v) is 8.39. The van der Waals surface area contributed by atoms with Gasteiger partial charge in [0.1, 0.15) is 0 Å². The third-order valence-corrected chi connectivity index (χ3v) is 1.95. The van der Waals surface area contributed by atoms with E-state index in [1.54, 1.807) is 0 Å². The molecule has 2 nitrogen and oxygen atoms in total. The van der Waals surface area contributed by atoms with E-state index in [0.29, 0.717) is 5.56 Å². The molecule has 1 aromatic rings. The first-order valence-corrected chi connectivity index (χ1v) is 4.52. The summed E-state index contributed by atoms with van der Waals surface area (Å²) in [5.74, 6) is -1.45. The molecule has 0 atom stereocenters. The molecular formula is C10H8F5NO. The topological polar surface area (TPSA) is 29.1 Å². The van der Waals surface area contributed by atoms with Gasteiger partial charge in [-0.3, -0.25) is 4.79 Å². The Balaban J connectivity index is 2.61. The first kappa shape index (κ1) is 13.4. The molecule has 1 rings (SSSR count). The van der Waals surface area contributed by atoms with E-state index in [1.165, 1.54) is 0 Å². The lowest BCUT2D eigenvalue weighted by atomic mass is 10.1. The molecule has 1 amide bonds. The Bertz CT molecular complexity index is 385. The average Bonchev–Trinajstić information content (AvgIpc) is 2.25. The fraction of sp³-hybridized carbons (Fsp3) is 0.300. The molecule has 17 heavy (non-hydrogen) atoms. The van der Waals surface area contributed by atoms with Crippen molar-refractivity contribution < 1.29 is 26.7 Å². The number of carbonyl (C=O) groups excluding carboxylic acids is 1. The van der Waals surface area contributed by atoms with Crippen LogP contribution in [0.3, 0.4) is 0 Å². The van der Waals surface area contributed by atoms with Gasteiger partial charge in [0.2, 0.25) is 0 Å². The first-order chi connectivity index (χ1) is 7.80. The molecule has 0 aliphatic heterocycles. The second-order valence-electron chi connectivity index (χ2n) is 3.21. The Morgan fingerprint density at radius 1 is 1.18 bits per heavy atom. The first-order valence-electron chi connectivity index (χ1n) is 4.52. The predicted octanol–water partition coefficient (Wildman–Crippen LogP) is 2.59. The third kappa shape index (κ3) is 4.01. The number of hydrogen-bond acceptors (Lipinski definition) is 1. The summed E-state index contributed by atoms with van der Waals surface area (Å²) in [4.78, 5) is 10.5. The van der Waals surface area contributed by atoms with E-state index in [2.05, 4.69) is 0 Å². The van der Waals surface area contributed by atoms with Gasteiger partial charge in [-0.05, 0) is 17.7 Å². The molecule has 0 bridgehead atoms. The van der Waals surface area contributed by atoms with Crippen LogP contribution in [0.1, 0.15) is 11.1 Å². The highest BCUT2D eigenvalue weighted by Gasteiger charge is 2.29. The largest absolute Gasteiger partial charge is 0.416 e. The van der Waals surface area contributed by atoms with Crippen molar-refractivity contribution in [2.24, 2.45) is 0 Å². The summed E-state index contributed by atoms with van der Waals surface area (Å²) in [6.07, 6.45) is -7.57. The summed E-state index contributed by atoms with van der Waals surface area (Å²) >= 11 is 0. The molecule has 7 heteroatoms. The minimum absolute atomic E-state index is 0.235. The van der Waals surface area contributed by atoms with Crippen molar-refractivity contribution in [1.82, 2.24) is 5.32 Å². The van der Waals surface area contributed by atoms with Gasteiger partial charge in [0.05, 0.1) is 5.56 Å². The number of carbonyl (C=O) groups is 1. The van der Waals surface area contributed by atoms with Crippen molar-refractivity contribution in [3.05, 3.63) is 35.4 Å². The van der Waals surface area contributed by atoms with Crippen LogP contribution < -0.4 is 5.32 Å². The highest BCUT2D eigenvalue weighted by molar-refractivity contribution is 5.78. The number of halogens is 5. The van der Waals surface area contributed by atoms with Gasteiger partial charge in [-0.1, -0.05) is 12.1 Å². The lowest BCUT2D eigenvalue weighted by molar-refractivity contribution is -0.137. The maximum atomic E-state index is 12.2. The summed E-state index contributed by atoms with van der Waals surface area (Å²) in [5, 5.41) is 1.89. The molecule has 0 aliphatic carbocycles. The van der Waals surface area contributed by atoms with Crippen molar-refractivity contribution in [1.29, 1.82) is 0 Å². The van der Waals surface area contributed by atoms with Crippen LogP contribution in [0.25, 0.3) is 0 Å². The monoisotopic (exact) mass is 253 g/mol. The van der Waals surface area contributed by atoms with Gasteiger partial charge >= 0.3 is 12.6 Å². The molecule has 0 radical (unpaired) electrons. The molecular weight excluding hydrogens is 245 g/mol. The van der Waals surface area contributed by atoms with E-state index in [-0.39, 0.29) is 6.54 Å². The number of nitrogens with one attached hydrogen (secondary N) is 1. The minimum atomic E-state index is -4.44. The summed E-state index contributed by atoms with van der Waals surface area (Å²) < 4.78 is 60.1. The Hall–Kier alpha value is -1.66. The number of hydrogen-bond donors (Lipinski definition) is 1. The highest BCUT2D eigenvalue weighted by atomic mass is 19.4. The Labute approximate surface area is 93.4 Å². The summed E-state index contributed by atoms with van der Waals surface area (Å²) in [6, 6.07) is 3.89. The zero-order valence-electron chi connectivity index (χ0n) is 8.39. The molecule has 0 heterocycles. The van der Waals surface area contributed by atoms with Crippen molar-refractivity contribution >= 4 is 5.91 Å². The van der Waals surface area contributed by atoms with Crippen molar-refractivity contribution in [3.63, 3.8) is 0 Å². The van der Waals surface area contributed by atoms with E-state index in [4.69, 9.17) is 0 Å². The van der Waals surface area contributed by atoms with Crippen molar-refractivity contribution in [2.75, 3.05) is 0 Å². The molecule has 1 N–H and O–H groups in total. The molecule has 0 fully saturated rings. The standard InChI is InChI=1S/C10H8F5NO/c11-8(12)9(17)16-5-6-1-3-7(4-2-6)10(13,14)15/h1-4,8H,5H2,(H,16,17). The van der Waals surface area contributed by atoms with Crippen LogP contribution in [0.2, 0.25) is 0 Å². The second kappa shape index (κ2) is 5.11. The number of alkyl halides is 5. The fourth-order valence-electron chi connectivity index (χ4n) is 1.08. The fourth-order valence-corrected chi connectivity index (χ4v) is 1.08. The van der Waals surface area contributed by atoms with Gasteiger partial charge in [0.25, 0.3) is 5.91 Å². The molecule has 0 aromatic heterocycles. The lowest BCUT2D eigenvalue weighted by Crippen LogP contribution is -2.28. The van der Waals surface area contributed by atoms with Crippen LogP contribution in [0.5, 0.6) is 0 Å². The number of benzene rings is 1. The van der Waals surface area contributed by atoms with Gasteiger partial charge in [0, 0.05) is 6.54 Å². The molecule has 0 spiro atoms. The maximum Gasteiger partial charge on any atom is 0.416 e. The normalized spacial score (nSPS) is 11.6. The van der Waals surface area contributed by atoms with Crippen LogP contribution in [0, 0.1) is 0 Å². The zero-order chi connectivity index (χ0) is 13.1. The van der Waals surface area contributed by atoms with Crippen LogP contribution in [0.15, 0.2) is 24.3 Å². The summed E-state index contributed by atoms with van der Waals surface area (Å²) in [7, 11) is 0. The molecule has 1 aromatic carbocycles. The van der Waals surface area contributed by atoms with E-state index in [0.717, 1.165) is 24.3 Å². The summed E-state index contributed by atoms with van der Waals surface area (Å²) in [6.45, 7) is -0.235. The number of rotatable bonds is 3. The van der Waals surface area contributed by atoms with Crippen molar-refractivity contribution in [2.45, 2.75) is 19.1 Å². The van der Waals surface area contributed by atoms with E-state index in [9.17, 15) is 26.7 Å². The smallest absolute Gasteiger partial charge is 0.347 e. The average molecular weight is 253 g/mol. The predicted molar refractivity (Wildman–Crippen MR) is 49.3 cm³/mol. The minimum Gasteiger partial charge on any atom is -0.347 e. The Morgan fingerprint density at radius 3 is 2.12 bits per heavy atom. The Morgan fingerprint density at radius 2 is 1.71 bits per heavy atom. The second-order valence-corrected chi connectivity index (χ2v) is 3.21. The van der Waals surface area contributed by atoms with Gasteiger partial charge in [-0.15, -0.1) is 0 Å².